The minimum atomic E-state index is 0.142. The van der Waals surface area contributed by atoms with Crippen molar-refractivity contribution >= 4 is 23.7 Å². The number of carbonyl (C=O) groups excluding carboxylic acids is 1. The normalized spacial score (nSPS) is 10.2. The molecule has 0 aliphatic carbocycles. The Labute approximate surface area is 103 Å². The number of aromatic nitrogens is 4. The molecular weight excluding hydrogens is 242 g/mol. The van der Waals surface area contributed by atoms with Crippen LogP contribution in [-0.4, -0.2) is 26.0 Å². The van der Waals surface area contributed by atoms with Crippen LogP contribution in [0.1, 0.15) is 15.9 Å². The second-order valence-electron chi connectivity index (χ2n) is 3.42. The van der Waals surface area contributed by atoms with Gasteiger partial charge < -0.3 is 5.32 Å². The van der Waals surface area contributed by atoms with Gasteiger partial charge in [0.1, 0.15) is 17.3 Å². The van der Waals surface area contributed by atoms with Crippen molar-refractivity contribution in [3.8, 4) is 0 Å². The van der Waals surface area contributed by atoms with E-state index in [1.807, 2.05) is 13.2 Å². The summed E-state index contributed by atoms with van der Waals surface area (Å²) in [6.45, 7) is 0.516. The van der Waals surface area contributed by atoms with Crippen molar-refractivity contribution in [2.75, 3.05) is 5.32 Å². The minimum absolute atomic E-state index is 0.142. The zero-order chi connectivity index (χ0) is 12.3. The van der Waals surface area contributed by atoms with E-state index in [1.165, 1.54) is 6.33 Å². The monoisotopic (exact) mass is 251 g/mol. The van der Waals surface area contributed by atoms with Gasteiger partial charge >= 0.3 is 0 Å². The largest absolute Gasteiger partial charge is 0.365 e. The van der Waals surface area contributed by atoms with E-state index < -0.39 is 0 Å². The van der Waals surface area contributed by atoms with Gasteiger partial charge in [0, 0.05) is 25.4 Å². The van der Waals surface area contributed by atoms with E-state index in [9.17, 15) is 4.79 Å². The molecule has 88 valence electrons. The van der Waals surface area contributed by atoms with Crippen molar-refractivity contribution in [3.05, 3.63) is 35.0 Å². The second-order valence-corrected chi connectivity index (χ2v) is 3.78. The van der Waals surface area contributed by atoms with Gasteiger partial charge in [-0.05, 0) is 0 Å². The van der Waals surface area contributed by atoms with E-state index in [1.54, 1.807) is 10.9 Å². The molecule has 0 aliphatic rings. The van der Waals surface area contributed by atoms with Gasteiger partial charge in [-0.2, -0.15) is 5.10 Å². The summed E-state index contributed by atoms with van der Waals surface area (Å²) >= 11 is 5.78. The second kappa shape index (κ2) is 4.92. The molecule has 7 heteroatoms. The predicted molar refractivity (Wildman–Crippen MR) is 63.0 cm³/mol. The fourth-order valence-electron chi connectivity index (χ4n) is 1.37. The number of hydrogen-bond acceptors (Lipinski definition) is 5. The molecular formula is C10H10ClN5O. The average Bonchev–Trinajstić information content (AvgIpc) is 2.72. The van der Waals surface area contributed by atoms with Crippen molar-refractivity contribution in [1.82, 2.24) is 19.7 Å². The van der Waals surface area contributed by atoms with Gasteiger partial charge in [0.15, 0.2) is 6.29 Å². The molecule has 0 atom stereocenters. The van der Waals surface area contributed by atoms with E-state index in [-0.39, 0.29) is 10.7 Å². The molecule has 0 aromatic carbocycles. The molecule has 0 saturated heterocycles. The van der Waals surface area contributed by atoms with Crippen LogP contribution in [0.25, 0.3) is 0 Å². The van der Waals surface area contributed by atoms with Gasteiger partial charge in [0.05, 0.1) is 11.8 Å². The summed E-state index contributed by atoms with van der Waals surface area (Å²) in [4.78, 5) is 18.5. The lowest BCUT2D eigenvalue weighted by Gasteiger charge is -2.06. The summed E-state index contributed by atoms with van der Waals surface area (Å²) in [6.07, 6.45) is 5.54. The number of aryl methyl sites for hydroxylation is 1. The first kappa shape index (κ1) is 11.5. The highest BCUT2D eigenvalue weighted by atomic mass is 35.5. The Morgan fingerprint density at radius 1 is 1.53 bits per heavy atom. The Morgan fingerprint density at radius 3 is 3.00 bits per heavy atom. The van der Waals surface area contributed by atoms with Crippen molar-refractivity contribution in [3.63, 3.8) is 0 Å². The predicted octanol–water partition coefficient (Wildman–Crippen LogP) is 1.29. The smallest absolute Gasteiger partial charge is 0.156 e. The standard InChI is InChI=1S/C10H10ClN5O/c1-16-4-7(3-15-16)2-12-10-8(5-17)9(11)13-6-14-10/h3-6H,2H2,1H3,(H,12,13,14). The number of halogens is 1. The van der Waals surface area contributed by atoms with E-state index in [4.69, 9.17) is 11.6 Å². The van der Waals surface area contributed by atoms with Crippen LogP contribution < -0.4 is 5.32 Å². The number of hydrogen-bond donors (Lipinski definition) is 1. The van der Waals surface area contributed by atoms with Crippen molar-refractivity contribution < 1.29 is 4.79 Å². The lowest BCUT2D eigenvalue weighted by molar-refractivity contribution is 0.112. The summed E-state index contributed by atoms with van der Waals surface area (Å²) in [6, 6.07) is 0. The van der Waals surface area contributed by atoms with Crippen LogP contribution in [0.15, 0.2) is 18.7 Å². The lowest BCUT2D eigenvalue weighted by atomic mass is 10.3. The van der Waals surface area contributed by atoms with Gasteiger partial charge in [-0.1, -0.05) is 11.6 Å². The maximum absolute atomic E-state index is 10.8. The number of nitrogens with one attached hydrogen (secondary N) is 1. The summed E-state index contributed by atoms with van der Waals surface area (Å²) < 4.78 is 1.70. The molecule has 2 aromatic heterocycles. The summed E-state index contributed by atoms with van der Waals surface area (Å²) in [5.41, 5.74) is 1.25. The Morgan fingerprint density at radius 2 is 2.35 bits per heavy atom. The fourth-order valence-corrected chi connectivity index (χ4v) is 1.55. The molecule has 0 spiro atoms. The van der Waals surface area contributed by atoms with E-state index in [0.29, 0.717) is 18.6 Å². The third-order valence-corrected chi connectivity index (χ3v) is 2.47. The van der Waals surface area contributed by atoms with Crippen LogP contribution in [0, 0.1) is 0 Å². The zero-order valence-corrected chi connectivity index (χ0v) is 9.85. The van der Waals surface area contributed by atoms with Gasteiger partial charge in [-0.25, -0.2) is 9.97 Å². The van der Waals surface area contributed by atoms with Gasteiger partial charge in [0.2, 0.25) is 0 Å². The van der Waals surface area contributed by atoms with E-state index in [2.05, 4.69) is 20.4 Å². The average molecular weight is 252 g/mol. The Bertz CT molecular complexity index is 539. The highest BCUT2D eigenvalue weighted by molar-refractivity contribution is 6.32. The molecule has 6 nitrogen and oxygen atoms in total. The molecule has 2 heterocycles. The highest BCUT2D eigenvalue weighted by Crippen LogP contribution is 2.17. The third kappa shape index (κ3) is 2.59. The van der Waals surface area contributed by atoms with E-state index >= 15 is 0 Å². The van der Waals surface area contributed by atoms with E-state index in [0.717, 1.165) is 5.56 Å². The molecule has 0 fully saturated rings. The Balaban J connectivity index is 2.14. The van der Waals surface area contributed by atoms with Crippen LogP contribution >= 0.6 is 11.6 Å². The summed E-state index contributed by atoms with van der Waals surface area (Å²) in [5, 5.41) is 7.19. The maximum Gasteiger partial charge on any atom is 0.156 e. The van der Waals surface area contributed by atoms with Crippen LogP contribution in [0.3, 0.4) is 0 Å². The van der Waals surface area contributed by atoms with Crippen LogP contribution in [0.4, 0.5) is 5.82 Å². The molecule has 1 N–H and O–H groups in total. The molecule has 0 unspecified atom stereocenters. The molecule has 17 heavy (non-hydrogen) atoms. The maximum atomic E-state index is 10.8. The molecule has 0 bridgehead atoms. The van der Waals surface area contributed by atoms with Crippen LogP contribution in [-0.2, 0) is 13.6 Å². The summed E-state index contributed by atoms with van der Waals surface area (Å²) in [7, 11) is 1.84. The zero-order valence-electron chi connectivity index (χ0n) is 9.09. The minimum Gasteiger partial charge on any atom is -0.365 e. The summed E-state index contributed by atoms with van der Waals surface area (Å²) in [5.74, 6) is 0.420. The quantitative estimate of drug-likeness (QED) is 0.655. The molecule has 0 aliphatic heterocycles. The molecule has 2 rings (SSSR count). The highest BCUT2D eigenvalue weighted by Gasteiger charge is 2.08. The van der Waals surface area contributed by atoms with Gasteiger partial charge in [0.25, 0.3) is 0 Å². The number of rotatable bonds is 4. The molecule has 2 aromatic rings. The first-order valence-electron chi connectivity index (χ1n) is 4.88. The van der Waals surface area contributed by atoms with Gasteiger partial charge in [-0.15, -0.1) is 0 Å². The molecule has 0 saturated carbocycles. The van der Waals surface area contributed by atoms with Crippen molar-refractivity contribution in [2.24, 2.45) is 7.05 Å². The van der Waals surface area contributed by atoms with Gasteiger partial charge in [-0.3, -0.25) is 9.48 Å². The first-order chi connectivity index (χ1) is 8.20. The Hall–Kier alpha value is -1.95. The molecule has 0 amide bonds. The number of nitrogens with zero attached hydrogens (tertiary/aromatic N) is 4. The Kier molecular flexibility index (Phi) is 3.34. The van der Waals surface area contributed by atoms with Crippen LogP contribution in [0.2, 0.25) is 5.15 Å². The van der Waals surface area contributed by atoms with Crippen LogP contribution in [0.5, 0.6) is 0 Å². The molecule has 0 radical (unpaired) electrons. The number of aldehydes is 1. The number of anilines is 1. The van der Waals surface area contributed by atoms with Crippen molar-refractivity contribution in [2.45, 2.75) is 6.54 Å². The third-order valence-electron chi connectivity index (χ3n) is 2.17. The topological polar surface area (TPSA) is 72.7 Å². The fraction of sp³-hybridized carbons (Fsp3) is 0.200. The van der Waals surface area contributed by atoms with Crippen molar-refractivity contribution in [1.29, 1.82) is 0 Å². The number of carbonyl (C=O) groups is 1. The first-order valence-corrected chi connectivity index (χ1v) is 5.25. The SMILES string of the molecule is Cn1cc(CNc2ncnc(Cl)c2C=O)cn1. The lowest BCUT2D eigenvalue weighted by Crippen LogP contribution is -2.05.